The van der Waals surface area contributed by atoms with Gasteiger partial charge in [-0.1, -0.05) is 6.92 Å². The van der Waals surface area contributed by atoms with Crippen LogP contribution < -0.4 is 9.62 Å². The molecule has 1 atom stereocenters. The minimum Gasteiger partial charge on any atom is -0.354 e. The summed E-state index contributed by atoms with van der Waals surface area (Å²) in [5.74, 6) is 0. The summed E-state index contributed by atoms with van der Waals surface area (Å²) in [6.07, 6.45) is 0.702. The number of rotatable bonds is 6. The minimum atomic E-state index is -3.17. The molecular weight excluding hydrogens is 308 g/mol. The van der Waals surface area contributed by atoms with E-state index >= 15 is 0 Å². The first kappa shape index (κ1) is 16.7. The van der Waals surface area contributed by atoms with Crippen LogP contribution in [0.15, 0.2) is 0 Å². The van der Waals surface area contributed by atoms with Gasteiger partial charge in [0.05, 0.1) is 10.9 Å². The number of hydrogen-bond donors (Lipinski definition) is 1. The van der Waals surface area contributed by atoms with Crippen LogP contribution in [0.25, 0.3) is 0 Å². The summed E-state index contributed by atoms with van der Waals surface area (Å²) in [6.45, 7) is 6.50. The van der Waals surface area contributed by atoms with E-state index in [9.17, 15) is 8.42 Å². The number of thiazole rings is 1. The molecule has 0 amide bonds. The molecule has 0 unspecified atom stereocenters. The maximum Gasteiger partial charge on any atom is 0.215 e. The molecule has 0 bridgehead atoms. The van der Waals surface area contributed by atoms with Gasteiger partial charge in [-0.05, 0) is 19.9 Å². The van der Waals surface area contributed by atoms with Gasteiger partial charge in [-0.2, -0.15) is 0 Å². The van der Waals surface area contributed by atoms with E-state index in [1.165, 1.54) is 4.88 Å². The van der Waals surface area contributed by atoms with E-state index in [4.69, 9.17) is 0 Å². The second-order valence-corrected chi connectivity index (χ2v) is 8.70. The van der Waals surface area contributed by atoms with Crippen LogP contribution in [0.4, 0.5) is 5.13 Å². The predicted molar refractivity (Wildman–Crippen MR) is 87.5 cm³/mol. The Bertz CT molecular complexity index is 583. The third-order valence-corrected chi connectivity index (χ3v) is 6.91. The Hall–Kier alpha value is -0.700. The largest absolute Gasteiger partial charge is 0.354 e. The molecule has 8 heteroatoms. The monoisotopic (exact) mass is 332 g/mol. The predicted octanol–water partition coefficient (Wildman–Crippen LogP) is 1.03. The molecule has 0 spiro atoms. The molecule has 1 aromatic rings. The number of likely N-dealkylation sites (tertiary alicyclic amines) is 1. The molecule has 1 aromatic heterocycles. The lowest BCUT2D eigenvalue weighted by atomic mass is 10.4. The topological polar surface area (TPSA) is 65.5 Å². The van der Waals surface area contributed by atoms with E-state index in [0.717, 1.165) is 23.9 Å². The molecule has 1 N–H and O–H groups in total. The van der Waals surface area contributed by atoms with Crippen LogP contribution in [-0.2, 0) is 16.6 Å². The fraction of sp³-hybridized carbons (Fsp3) is 0.769. The number of nitrogens with one attached hydrogen (secondary N) is 1. The maximum absolute atomic E-state index is 12.0. The molecule has 1 aliphatic heterocycles. The molecule has 1 aliphatic rings. The summed E-state index contributed by atoms with van der Waals surface area (Å²) in [4.78, 5) is 9.97. The van der Waals surface area contributed by atoms with Crippen molar-refractivity contribution in [3.8, 4) is 0 Å². The zero-order valence-corrected chi connectivity index (χ0v) is 14.7. The van der Waals surface area contributed by atoms with Crippen LogP contribution >= 0.6 is 11.3 Å². The van der Waals surface area contributed by atoms with Crippen molar-refractivity contribution in [2.75, 3.05) is 38.6 Å². The van der Waals surface area contributed by atoms with Crippen molar-refractivity contribution in [1.29, 1.82) is 0 Å². The number of anilines is 1. The van der Waals surface area contributed by atoms with Gasteiger partial charge in [-0.3, -0.25) is 4.90 Å². The lowest BCUT2D eigenvalue weighted by Crippen LogP contribution is -2.36. The first-order valence-electron chi connectivity index (χ1n) is 7.18. The van der Waals surface area contributed by atoms with Crippen molar-refractivity contribution in [1.82, 2.24) is 14.6 Å². The molecule has 1 saturated heterocycles. The smallest absolute Gasteiger partial charge is 0.215 e. The van der Waals surface area contributed by atoms with E-state index in [-0.39, 0.29) is 5.25 Å². The Morgan fingerprint density at radius 3 is 2.76 bits per heavy atom. The number of hydrogen-bond acceptors (Lipinski definition) is 6. The first-order valence-corrected chi connectivity index (χ1v) is 9.54. The fourth-order valence-electron chi connectivity index (χ4n) is 2.47. The fourth-order valence-corrected chi connectivity index (χ4v) is 4.95. The van der Waals surface area contributed by atoms with Crippen molar-refractivity contribution >= 4 is 26.5 Å². The summed E-state index contributed by atoms with van der Waals surface area (Å²) in [5.41, 5.74) is 1.04. The van der Waals surface area contributed by atoms with Crippen molar-refractivity contribution < 1.29 is 8.42 Å². The van der Waals surface area contributed by atoms with Crippen LogP contribution in [0.3, 0.4) is 0 Å². The lowest BCUT2D eigenvalue weighted by molar-refractivity contribution is 0.333. The van der Waals surface area contributed by atoms with Crippen molar-refractivity contribution in [3.05, 3.63) is 10.6 Å². The SMILES string of the molecule is CCNS(=O)(=O)[C@H]1CCN(Cc2sc(N(C)C)nc2C)C1. The molecule has 0 aromatic carbocycles. The highest BCUT2D eigenvalue weighted by atomic mass is 32.2. The Balaban J connectivity index is 2.00. The van der Waals surface area contributed by atoms with Crippen LogP contribution in [0.2, 0.25) is 0 Å². The Labute approximate surface area is 131 Å². The molecule has 0 saturated carbocycles. The molecule has 1 fully saturated rings. The third kappa shape index (κ3) is 3.94. The lowest BCUT2D eigenvalue weighted by Gasteiger charge is -2.15. The van der Waals surface area contributed by atoms with Crippen molar-refractivity contribution in [3.63, 3.8) is 0 Å². The summed E-state index contributed by atoms with van der Waals surface area (Å²) in [6, 6.07) is 0. The summed E-state index contributed by atoms with van der Waals surface area (Å²) >= 11 is 1.68. The molecule has 2 heterocycles. The second-order valence-electron chi connectivity index (χ2n) is 5.59. The molecule has 120 valence electrons. The molecule has 21 heavy (non-hydrogen) atoms. The third-order valence-electron chi connectivity index (χ3n) is 3.64. The zero-order chi connectivity index (χ0) is 15.6. The minimum absolute atomic E-state index is 0.293. The van der Waals surface area contributed by atoms with Crippen LogP contribution in [0, 0.1) is 6.92 Å². The van der Waals surface area contributed by atoms with Gasteiger partial charge in [0.25, 0.3) is 0 Å². The average molecular weight is 332 g/mol. The number of aromatic nitrogens is 1. The molecule has 2 rings (SSSR count). The van der Waals surface area contributed by atoms with E-state index in [2.05, 4.69) is 14.6 Å². The Kier molecular flexibility index (Phi) is 5.24. The molecule has 0 aliphatic carbocycles. The second kappa shape index (κ2) is 6.60. The van der Waals surface area contributed by atoms with Gasteiger partial charge in [0.15, 0.2) is 5.13 Å². The quantitative estimate of drug-likeness (QED) is 0.843. The highest BCUT2D eigenvalue weighted by Gasteiger charge is 2.32. The standard InChI is InChI=1S/C13H24N4O2S2/c1-5-14-21(18,19)11-6-7-17(8-11)9-12-10(2)15-13(20-12)16(3)4/h11,14H,5-9H2,1-4H3/t11-/m0/s1. The van der Waals surface area contributed by atoms with E-state index in [1.54, 1.807) is 11.3 Å². The van der Waals surface area contributed by atoms with Gasteiger partial charge in [0.2, 0.25) is 10.0 Å². The first-order chi connectivity index (χ1) is 9.83. The molecule has 0 radical (unpaired) electrons. The summed E-state index contributed by atoms with van der Waals surface area (Å²) < 4.78 is 26.7. The zero-order valence-electron chi connectivity index (χ0n) is 13.1. The van der Waals surface area contributed by atoms with Crippen LogP contribution in [-0.4, -0.2) is 57.3 Å². The van der Waals surface area contributed by atoms with E-state index in [0.29, 0.717) is 19.5 Å². The summed E-state index contributed by atoms with van der Waals surface area (Å²) in [5, 5.41) is 0.706. The van der Waals surface area contributed by atoms with Gasteiger partial charge in [-0.15, -0.1) is 11.3 Å². The number of aryl methyl sites for hydroxylation is 1. The van der Waals surface area contributed by atoms with Gasteiger partial charge < -0.3 is 4.90 Å². The van der Waals surface area contributed by atoms with Crippen molar-refractivity contribution in [2.24, 2.45) is 0 Å². The summed E-state index contributed by atoms with van der Waals surface area (Å²) in [7, 11) is 0.800. The average Bonchev–Trinajstić information content (AvgIpc) is 2.98. The van der Waals surface area contributed by atoms with Crippen LogP contribution in [0.1, 0.15) is 23.9 Å². The van der Waals surface area contributed by atoms with E-state index in [1.807, 2.05) is 32.8 Å². The van der Waals surface area contributed by atoms with Crippen LogP contribution in [0.5, 0.6) is 0 Å². The van der Waals surface area contributed by atoms with Gasteiger partial charge >= 0.3 is 0 Å². The maximum atomic E-state index is 12.0. The highest BCUT2D eigenvalue weighted by molar-refractivity contribution is 7.90. The highest BCUT2D eigenvalue weighted by Crippen LogP contribution is 2.27. The van der Waals surface area contributed by atoms with Gasteiger partial charge in [-0.25, -0.2) is 18.1 Å². The normalized spacial score (nSPS) is 20.1. The Morgan fingerprint density at radius 1 is 1.48 bits per heavy atom. The van der Waals surface area contributed by atoms with Gasteiger partial charge in [0.1, 0.15) is 0 Å². The van der Waals surface area contributed by atoms with Gasteiger partial charge in [0, 0.05) is 38.6 Å². The number of sulfonamides is 1. The molecule has 6 nitrogen and oxygen atoms in total. The number of nitrogens with zero attached hydrogens (tertiary/aromatic N) is 3. The Morgan fingerprint density at radius 2 is 2.19 bits per heavy atom. The van der Waals surface area contributed by atoms with E-state index < -0.39 is 10.0 Å². The molecular formula is C13H24N4O2S2. The van der Waals surface area contributed by atoms with Crippen molar-refractivity contribution in [2.45, 2.75) is 32.1 Å².